The SMILES string of the molecule is C=C(/C=C(\C)[C@@H](C)CCO[Si](c1ccccc1)(c1ccccc1)C(C)(C)C)C[C@@H](C)C[C@@H]1O[C@H]1C=O. The number of rotatable bonds is 13. The molecule has 0 spiro atoms. The quantitative estimate of drug-likeness (QED) is 0.136. The summed E-state index contributed by atoms with van der Waals surface area (Å²) in [7, 11) is -2.50. The van der Waals surface area contributed by atoms with Crippen LogP contribution >= 0.6 is 0 Å². The smallest absolute Gasteiger partial charge is 0.261 e. The van der Waals surface area contributed by atoms with E-state index in [-0.39, 0.29) is 17.2 Å². The third-order valence-electron chi connectivity index (χ3n) is 7.50. The molecule has 194 valence electrons. The zero-order valence-corrected chi connectivity index (χ0v) is 24.0. The summed E-state index contributed by atoms with van der Waals surface area (Å²) in [4.78, 5) is 10.8. The zero-order valence-electron chi connectivity index (χ0n) is 23.0. The lowest BCUT2D eigenvalue weighted by atomic mass is 9.92. The molecule has 2 aromatic carbocycles. The lowest BCUT2D eigenvalue weighted by Gasteiger charge is -2.43. The van der Waals surface area contributed by atoms with Gasteiger partial charge in [-0.05, 0) is 53.4 Å². The van der Waals surface area contributed by atoms with E-state index in [1.807, 2.05) is 0 Å². The fourth-order valence-corrected chi connectivity index (χ4v) is 9.87. The summed E-state index contributed by atoms with van der Waals surface area (Å²) in [6.45, 7) is 18.7. The van der Waals surface area contributed by atoms with Gasteiger partial charge >= 0.3 is 0 Å². The van der Waals surface area contributed by atoms with Crippen LogP contribution in [0.4, 0.5) is 0 Å². The predicted molar refractivity (Wildman–Crippen MR) is 153 cm³/mol. The molecule has 0 N–H and O–H groups in total. The molecular formula is C32H44O3Si. The van der Waals surface area contributed by atoms with Gasteiger partial charge in [0, 0.05) is 6.61 Å². The van der Waals surface area contributed by atoms with Crippen molar-refractivity contribution in [1.82, 2.24) is 0 Å². The Morgan fingerprint density at radius 2 is 1.61 bits per heavy atom. The van der Waals surface area contributed by atoms with Gasteiger partial charge in [0.15, 0.2) is 6.29 Å². The van der Waals surface area contributed by atoms with Crippen LogP contribution in [0.5, 0.6) is 0 Å². The van der Waals surface area contributed by atoms with Gasteiger partial charge in [-0.15, -0.1) is 0 Å². The Kier molecular flexibility index (Phi) is 9.68. The van der Waals surface area contributed by atoms with Crippen LogP contribution in [0.1, 0.15) is 60.8 Å². The van der Waals surface area contributed by atoms with E-state index in [9.17, 15) is 4.79 Å². The summed E-state index contributed by atoms with van der Waals surface area (Å²) in [5.74, 6) is 0.853. The first-order valence-electron chi connectivity index (χ1n) is 13.3. The predicted octanol–water partition coefficient (Wildman–Crippen LogP) is 6.47. The van der Waals surface area contributed by atoms with E-state index < -0.39 is 8.32 Å². The normalized spacial score (nSPS) is 20.0. The maximum atomic E-state index is 10.8. The largest absolute Gasteiger partial charge is 0.407 e. The molecule has 3 rings (SSSR count). The van der Waals surface area contributed by atoms with Crippen molar-refractivity contribution >= 4 is 25.0 Å². The van der Waals surface area contributed by atoms with Crippen LogP contribution in [0.25, 0.3) is 0 Å². The summed E-state index contributed by atoms with van der Waals surface area (Å²) in [5, 5.41) is 2.63. The molecule has 1 saturated heterocycles. The summed E-state index contributed by atoms with van der Waals surface area (Å²) in [5.41, 5.74) is 2.48. The average Bonchev–Trinajstić information content (AvgIpc) is 3.59. The average molecular weight is 505 g/mol. The molecular weight excluding hydrogens is 460 g/mol. The lowest BCUT2D eigenvalue weighted by molar-refractivity contribution is -0.108. The van der Waals surface area contributed by atoms with E-state index in [1.54, 1.807) is 0 Å². The number of benzene rings is 2. The van der Waals surface area contributed by atoms with E-state index in [0.29, 0.717) is 18.4 Å². The van der Waals surface area contributed by atoms with Crippen molar-refractivity contribution in [2.24, 2.45) is 11.8 Å². The third-order valence-corrected chi connectivity index (χ3v) is 12.5. The fraction of sp³-hybridized carbons (Fsp3) is 0.469. The van der Waals surface area contributed by atoms with Gasteiger partial charge in [-0.1, -0.05) is 119 Å². The molecule has 2 aromatic rings. The second-order valence-corrected chi connectivity index (χ2v) is 15.9. The van der Waals surface area contributed by atoms with Crippen molar-refractivity contribution < 1.29 is 14.0 Å². The van der Waals surface area contributed by atoms with Gasteiger partial charge in [0.05, 0.1) is 6.10 Å². The molecule has 1 aliphatic rings. The Labute approximate surface area is 219 Å². The van der Waals surface area contributed by atoms with E-state index >= 15 is 0 Å². The number of aldehydes is 1. The Balaban J connectivity index is 1.66. The van der Waals surface area contributed by atoms with E-state index in [4.69, 9.17) is 9.16 Å². The van der Waals surface area contributed by atoms with Crippen LogP contribution in [0, 0.1) is 11.8 Å². The highest BCUT2D eigenvalue weighted by molar-refractivity contribution is 6.99. The molecule has 1 heterocycles. The molecule has 1 fully saturated rings. The molecule has 0 amide bonds. The Morgan fingerprint density at radius 3 is 2.08 bits per heavy atom. The van der Waals surface area contributed by atoms with E-state index in [2.05, 4.69) is 115 Å². The van der Waals surface area contributed by atoms with Gasteiger partial charge in [-0.3, -0.25) is 0 Å². The van der Waals surface area contributed by atoms with Gasteiger partial charge in [0.25, 0.3) is 8.32 Å². The topological polar surface area (TPSA) is 38.8 Å². The third kappa shape index (κ3) is 6.93. The highest BCUT2D eigenvalue weighted by Gasteiger charge is 2.50. The molecule has 0 bridgehead atoms. The number of carbonyl (C=O) groups is 1. The molecule has 0 radical (unpaired) electrons. The lowest BCUT2D eigenvalue weighted by Crippen LogP contribution is -2.66. The minimum absolute atomic E-state index is 0.0115. The fourth-order valence-electron chi connectivity index (χ4n) is 5.29. The van der Waals surface area contributed by atoms with Crippen molar-refractivity contribution in [3.05, 3.63) is 84.5 Å². The van der Waals surface area contributed by atoms with Crippen LogP contribution in [0.2, 0.25) is 5.04 Å². The first-order chi connectivity index (χ1) is 17.1. The van der Waals surface area contributed by atoms with Crippen molar-refractivity contribution in [3.63, 3.8) is 0 Å². The molecule has 3 nitrogen and oxygen atoms in total. The number of ether oxygens (including phenoxy) is 1. The number of carbonyl (C=O) groups excluding carboxylic acids is 1. The molecule has 36 heavy (non-hydrogen) atoms. The molecule has 0 aromatic heterocycles. The number of epoxide rings is 1. The minimum Gasteiger partial charge on any atom is -0.407 e. The molecule has 4 atom stereocenters. The van der Waals surface area contributed by atoms with Crippen molar-refractivity contribution in [2.45, 2.75) is 78.1 Å². The van der Waals surface area contributed by atoms with Crippen LogP contribution in [0.3, 0.4) is 0 Å². The summed E-state index contributed by atoms with van der Waals surface area (Å²) >= 11 is 0. The highest BCUT2D eigenvalue weighted by atomic mass is 28.4. The summed E-state index contributed by atoms with van der Waals surface area (Å²) in [6.07, 6.45) is 5.88. The van der Waals surface area contributed by atoms with Crippen molar-refractivity contribution in [1.29, 1.82) is 0 Å². The van der Waals surface area contributed by atoms with E-state index in [0.717, 1.165) is 31.1 Å². The minimum atomic E-state index is -2.50. The zero-order chi connectivity index (χ0) is 26.3. The van der Waals surface area contributed by atoms with Crippen LogP contribution < -0.4 is 10.4 Å². The van der Waals surface area contributed by atoms with Gasteiger partial charge in [-0.2, -0.15) is 0 Å². The van der Waals surface area contributed by atoms with Crippen LogP contribution in [0.15, 0.2) is 84.5 Å². The van der Waals surface area contributed by atoms with Crippen molar-refractivity contribution in [3.8, 4) is 0 Å². The van der Waals surface area contributed by atoms with Gasteiger partial charge in [0.1, 0.15) is 6.10 Å². The first-order valence-corrected chi connectivity index (χ1v) is 15.2. The van der Waals surface area contributed by atoms with Crippen molar-refractivity contribution in [2.75, 3.05) is 6.61 Å². The van der Waals surface area contributed by atoms with Crippen LogP contribution in [-0.4, -0.2) is 33.4 Å². The second-order valence-electron chi connectivity index (χ2n) is 11.6. The number of allylic oxidation sites excluding steroid dienone is 3. The van der Waals surface area contributed by atoms with Gasteiger partial charge in [-0.25, -0.2) is 0 Å². The standard InChI is InChI=1S/C32H44O3Si/c1-24(20-25(2)22-30-31(23-33)35-30)21-27(4)26(3)18-19-34-36(32(5,6)7,28-14-10-8-11-15-28)29-16-12-9-13-17-29/h8-17,21,23,25-26,30-31H,1,18-20,22H2,2-7H3/b27-21+/t25-,26+,30+,31+/m1/s1. The summed E-state index contributed by atoms with van der Waals surface area (Å²) in [6, 6.07) is 21.7. The molecule has 0 unspecified atom stereocenters. The molecule has 4 heteroatoms. The van der Waals surface area contributed by atoms with E-state index in [1.165, 1.54) is 15.9 Å². The monoisotopic (exact) mass is 504 g/mol. The maximum Gasteiger partial charge on any atom is 0.261 e. The van der Waals surface area contributed by atoms with Crippen LogP contribution in [-0.2, 0) is 14.0 Å². The molecule has 0 aliphatic carbocycles. The molecule has 1 aliphatic heterocycles. The first kappa shape index (κ1) is 28.3. The molecule has 0 saturated carbocycles. The van der Waals surface area contributed by atoms with Gasteiger partial charge < -0.3 is 14.0 Å². The maximum absolute atomic E-state index is 10.8. The number of hydrogen-bond acceptors (Lipinski definition) is 3. The van der Waals surface area contributed by atoms with Gasteiger partial charge in [0.2, 0.25) is 0 Å². The highest BCUT2D eigenvalue weighted by Crippen LogP contribution is 2.37. The Hall–Kier alpha value is -2.27. The summed E-state index contributed by atoms with van der Waals surface area (Å²) < 4.78 is 12.4. The Morgan fingerprint density at radius 1 is 1.06 bits per heavy atom. The second kappa shape index (κ2) is 12.3. The Bertz CT molecular complexity index is 983. The number of hydrogen-bond donors (Lipinski definition) is 0.